The Morgan fingerprint density at radius 2 is 1.81 bits per heavy atom. The quantitative estimate of drug-likeness (QED) is 0.738. The van der Waals surface area contributed by atoms with Gasteiger partial charge in [0.25, 0.3) is 11.8 Å². The van der Waals surface area contributed by atoms with Crippen LogP contribution in [-0.2, 0) is 14.3 Å². The molecule has 0 aromatic heterocycles. The van der Waals surface area contributed by atoms with Gasteiger partial charge in [0.2, 0.25) is 0 Å². The van der Waals surface area contributed by atoms with Gasteiger partial charge in [-0.2, -0.15) is 0 Å². The van der Waals surface area contributed by atoms with Gasteiger partial charge in [0.05, 0.1) is 5.56 Å². The number of rotatable bonds is 7. The van der Waals surface area contributed by atoms with Gasteiger partial charge in [-0.25, -0.2) is 4.79 Å². The number of nitrogens with two attached hydrogens (primary N) is 1. The summed E-state index contributed by atoms with van der Waals surface area (Å²) >= 11 is 0. The summed E-state index contributed by atoms with van der Waals surface area (Å²) in [4.78, 5) is 34.9. The van der Waals surface area contributed by atoms with E-state index in [2.05, 4.69) is 5.32 Å². The van der Waals surface area contributed by atoms with Crippen molar-refractivity contribution in [2.75, 3.05) is 11.9 Å². The molecule has 0 saturated heterocycles. The monoisotopic (exact) mass is 356 g/mol. The third kappa shape index (κ3) is 5.62. The van der Waals surface area contributed by atoms with Gasteiger partial charge in [-0.05, 0) is 55.8 Å². The van der Waals surface area contributed by atoms with E-state index in [-0.39, 0.29) is 12.2 Å². The predicted molar refractivity (Wildman–Crippen MR) is 95.8 cm³/mol. The Labute approximate surface area is 151 Å². The van der Waals surface area contributed by atoms with E-state index < -0.39 is 23.9 Å². The molecule has 0 fully saturated rings. The topological polar surface area (TPSA) is 108 Å². The van der Waals surface area contributed by atoms with Crippen molar-refractivity contribution in [3.63, 3.8) is 0 Å². The van der Waals surface area contributed by atoms with Crippen molar-refractivity contribution >= 4 is 23.5 Å². The van der Waals surface area contributed by atoms with E-state index in [1.165, 1.54) is 31.2 Å². The van der Waals surface area contributed by atoms with Crippen LogP contribution < -0.4 is 15.8 Å². The zero-order valence-corrected chi connectivity index (χ0v) is 14.5. The summed E-state index contributed by atoms with van der Waals surface area (Å²) in [6, 6.07) is 13.3. The number of anilines is 1. The van der Waals surface area contributed by atoms with Crippen LogP contribution in [0.2, 0.25) is 0 Å². The molecule has 3 N–H and O–H groups in total. The van der Waals surface area contributed by atoms with Crippen molar-refractivity contribution in [2.45, 2.75) is 20.0 Å². The van der Waals surface area contributed by atoms with Crippen LogP contribution in [0.15, 0.2) is 48.5 Å². The maximum absolute atomic E-state index is 12.1. The van der Waals surface area contributed by atoms with Crippen molar-refractivity contribution in [3.05, 3.63) is 59.7 Å². The van der Waals surface area contributed by atoms with Crippen LogP contribution in [0.5, 0.6) is 5.75 Å². The smallest absolute Gasteiger partial charge is 0.338 e. The molecule has 7 nitrogen and oxygen atoms in total. The second kappa shape index (κ2) is 8.66. The van der Waals surface area contributed by atoms with Crippen molar-refractivity contribution in [3.8, 4) is 5.75 Å². The van der Waals surface area contributed by atoms with Crippen LogP contribution in [0.1, 0.15) is 22.8 Å². The Morgan fingerprint density at radius 1 is 1.12 bits per heavy atom. The third-order valence-electron chi connectivity index (χ3n) is 3.41. The molecule has 0 aliphatic rings. The standard InChI is InChI=1S/C19H20N2O5/c1-12-4-3-5-15(10-12)21-18(23)13(2)26-19(24)14-6-8-16(9-7-14)25-11-17(20)22/h3-10,13H,11H2,1-2H3,(H2,20,22)(H,21,23)/t13-/m1/s1. The first-order chi connectivity index (χ1) is 12.3. The second-order valence-electron chi connectivity index (χ2n) is 5.69. The molecule has 0 heterocycles. The SMILES string of the molecule is Cc1cccc(NC(=O)[C@@H](C)OC(=O)c2ccc(OCC(N)=O)cc2)c1. The minimum atomic E-state index is -0.964. The highest BCUT2D eigenvalue weighted by Crippen LogP contribution is 2.14. The number of amides is 2. The second-order valence-corrected chi connectivity index (χ2v) is 5.69. The first-order valence-electron chi connectivity index (χ1n) is 7.95. The number of hydrogen-bond donors (Lipinski definition) is 2. The molecule has 2 aromatic rings. The third-order valence-corrected chi connectivity index (χ3v) is 3.41. The molecule has 7 heteroatoms. The molecule has 2 amide bonds. The number of benzene rings is 2. The molecule has 0 unspecified atom stereocenters. The van der Waals surface area contributed by atoms with E-state index in [0.717, 1.165) is 5.56 Å². The molecule has 0 aliphatic carbocycles. The molecule has 2 rings (SSSR count). The molecule has 0 saturated carbocycles. The number of carbonyl (C=O) groups excluding carboxylic acids is 3. The van der Waals surface area contributed by atoms with Crippen molar-refractivity contribution in [1.29, 1.82) is 0 Å². The summed E-state index contributed by atoms with van der Waals surface area (Å²) in [6.45, 7) is 3.16. The Kier molecular flexibility index (Phi) is 6.32. The highest BCUT2D eigenvalue weighted by Gasteiger charge is 2.19. The molecule has 0 aliphatic heterocycles. The zero-order valence-electron chi connectivity index (χ0n) is 14.5. The van der Waals surface area contributed by atoms with E-state index >= 15 is 0 Å². The van der Waals surface area contributed by atoms with Gasteiger partial charge in [0.1, 0.15) is 5.75 Å². The molecular weight excluding hydrogens is 336 g/mol. The van der Waals surface area contributed by atoms with Crippen molar-refractivity contribution in [2.24, 2.45) is 5.73 Å². The Balaban J connectivity index is 1.91. The summed E-state index contributed by atoms with van der Waals surface area (Å²) in [7, 11) is 0. The number of aryl methyl sites for hydroxylation is 1. The molecule has 0 radical (unpaired) electrons. The summed E-state index contributed by atoms with van der Waals surface area (Å²) < 4.78 is 10.3. The largest absolute Gasteiger partial charge is 0.484 e. The van der Waals surface area contributed by atoms with E-state index in [1.807, 2.05) is 25.1 Å². The number of nitrogens with one attached hydrogen (secondary N) is 1. The van der Waals surface area contributed by atoms with Crippen LogP contribution in [0, 0.1) is 6.92 Å². The van der Waals surface area contributed by atoms with E-state index in [0.29, 0.717) is 11.4 Å². The molecule has 0 spiro atoms. The predicted octanol–water partition coefficient (Wildman–Crippen LogP) is 2.04. The first kappa shape index (κ1) is 19.0. The van der Waals surface area contributed by atoms with Gasteiger partial charge < -0.3 is 20.5 Å². The molecule has 136 valence electrons. The molecule has 2 aromatic carbocycles. The van der Waals surface area contributed by atoms with Crippen LogP contribution in [-0.4, -0.2) is 30.5 Å². The van der Waals surface area contributed by atoms with Gasteiger partial charge >= 0.3 is 5.97 Å². The van der Waals surface area contributed by atoms with Crippen LogP contribution in [0.4, 0.5) is 5.69 Å². The van der Waals surface area contributed by atoms with Gasteiger partial charge in [-0.15, -0.1) is 0 Å². The lowest BCUT2D eigenvalue weighted by Crippen LogP contribution is -2.30. The van der Waals surface area contributed by atoms with Gasteiger partial charge in [0.15, 0.2) is 12.7 Å². The summed E-state index contributed by atoms with van der Waals surface area (Å²) in [5.41, 5.74) is 6.88. The maximum Gasteiger partial charge on any atom is 0.338 e. The Morgan fingerprint density at radius 3 is 2.42 bits per heavy atom. The summed E-state index contributed by atoms with van der Waals surface area (Å²) in [6.07, 6.45) is -0.964. The van der Waals surface area contributed by atoms with Gasteiger partial charge in [-0.1, -0.05) is 12.1 Å². The maximum atomic E-state index is 12.1. The van der Waals surface area contributed by atoms with Gasteiger partial charge in [-0.3, -0.25) is 9.59 Å². The molecule has 1 atom stereocenters. The number of ether oxygens (including phenoxy) is 2. The fourth-order valence-corrected chi connectivity index (χ4v) is 2.09. The van der Waals surface area contributed by atoms with Gasteiger partial charge in [0, 0.05) is 5.69 Å². The molecule has 26 heavy (non-hydrogen) atoms. The number of esters is 1. The lowest BCUT2D eigenvalue weighted by atomic mass is 10.2. The average molecular weight is 356 g/mol. The van der Waals surface area contributed by atoms with Crippen LogP contribution >= 0.6 is 0 Å². The van der Waals surface area contributed by atoms with Crippen molar-refractivity contribution in [1.82, 2.24) is 0 Å². The normalized spacial score (nSPS) is 11.3. The molecular formula is C19H20N2O5. The lowest BCUT2D eigenvalue weighted by molar-refractivity contribution is -0.123. The van der Waals surface area contributed by atoms with E-state index in [4.69, 9.17) is 15.2 Å². The summed E-state index contributed by atoms with van der Waals surface area (Å²) in [5, 5.41) is 2.70. The van der Waals surface area contributed by atoms with E-state index in [1.54, 1.807) is 6.07 Å². The highest BCUT2D eigenvalue weighted by molar-refractivity contribution is 5.97. The fraction of sp³-hybridized carbons (Fsp3) is 0.211. The number of carbonyl (C=O) groups is 3. The van der Waals surface area contributed by atoms with Crippen molar-refractivity contribution < 1.29 is 23.9 Å². The average Bonchev–Trinajstić information content (AvgIpc) is 2.60. The lowest BCUT2D eigenvalue weighted by Gasteiger charge is -2.14. The highest BCUT2D eigenvalue weighted by atomic mass is 16.5. The van der Waals surface area contributed by atoms with Crippen LogP contribution in [0.3, 0.4) is 0 Å². The number of hydrogen-bond acceptors (Lipinski definition) is 5. The summed E-state index contributed by atoms with van der Waals surface area (Å²) in [5.74, 6) is -1.27. The minimum Gasteiger partial charge on any atom is -0.484 e. The minimum absolute atomic E-state index is 0.250. The molecule has 0 bridgehead atoms. The van der Waals surface area contributed by atoms with Crippen LogP contribution in [0.25, 0.3) is 0 Å². The number of primary amides is 1. The zero-order chi connectivity index (χ0) is 19.1. The fourth-order valence-electron chi connectivity index (χ4n) is 2.09. The Bertz CT molecular complexity index is 802. The Hall–Kier alpha value is -3.35. The van der Waals surface area contributed by atoms with E-state index in [9.17, 15) is 14.4 Å². The first-order valence-corrected chi connectivity index (χ1v) is 7.95.